The Labute approximate surface area is 117 Å². The van der Waals surface area contributed by atoms with E-state index in [1.165, 1.54) is 12.1 Å². The van der Waals surface area contributed by atoms with Crippen molar-refractivity contribution in [1.82, 2.24) is 9.55 Å². The second-order valence-corrected chi connectivity index (χ2v) is 4.83. The number of pyridine rings is 2. The number of anilines is 1. The molecule has 5 heteroatoms. The molecule has 0 saturated carbocycles. The molecule has 0 aliphatic rings. The SMILES string of the molecule is Cc1ccc(NC(=O)Cn2c(C)cc(=O)cc2C)nc1. The zero-order chi connectivity index (χ0) is 14.7. The molecule has 0 fully saturated rings. The highest BCUT2D eigenvalue weighted by Crippen LogP contribution is 2.06. The second-order valence-electron chi connectivity index (χ2n) is 4.83. The first-order valence-corrected chi connectivity index (χ1v) is 6.36. The van der Waals surface area contributed by atoms with Crippen LogP contribution in [0.3, 0.4) is 0 Å². The maximum Gasteiger partial charge on any atom is 0.245 e. The zero-order valence-electron chi connectivity index (χ0n) is 11.8. The molecule has 2 aromatic heterocycles. The third-order valence-corrected chi connectivity index (χ3v) is 3.03. The van der Waals surface area contributed by atoms with Crippen molar-refractivity contribution in [3.63, 3.8) is 0 Å². The van der Waals surface area contributed by atoms with Gasteiger partial charge in [-0.2, -0.15) is 0 Å². The van der Waals surface area contributed by atoms with Gasteiger partial charge >= 0.3 is 0 Å². The molecule has 0 bridgehead atoms. The minimum Gasteiger partial charge on any atom is -0.340 e. The van der Waals surface area contributed by atoms with E-state index in [0.717, 1.165) is 17.0 Å². The lowest BCUT2D eigenvalue weighted by atomic mass is 10.3. The van der Waals surface area contributed by atoms with Crippen LogP contribution in [0.1, 0.15) is 17.0 Å². The number of nitrogens with one attached hydrogen (secondary N) is 1. The first-order chi connectivity index (χ1) is 9.45. The number of amides is 1. The molecule has 5 nitrogen and oxygen atoms in total. The fourth-order valence-electron chi connectivity index (χ4n) is 2.00. The number of nitrogens with zero attached hydrogens (tertiary/aromatic N) is 2. The van der Waals surface area contributed by atoms with Gasteiger partial charge in [0.25, 0.3) is 0 Å². The van der Waals surface area contributed by atoms with Gasteiger partial charge in [0.2, 0.25) is 5.91 Å². The summed E-state index contributed by atoms with van der Waals surface area (Å²) in [4.78, 5) is 27.5. The van der Waals surface area contributed by atoms with Crippen molar-refractivity contribution in [2.45, 2.75) is 27.3 Å². The van der Waals surface area contributed by atoms with Crippen LogP contribution in [-0.4, -0.2) is 15.5 Å². The molecule has 0 aliphatic carbocycles. The number of aryl methyl sites for hydroxylation is 3. The highest BCUT2D eigenvalue weighted by molar-refractivity contribution is 5.89. The van der Waals surface area contributed by atoms with Crippen LogP contribution in [0.4, 0.5) is 5.82 Å². The van der Waals surface area contributed by atoms with Crippen molar-refractivity contribution in [2.24, 2.45) is 0 Å². The van der Waals surface area contributed by atoms with Crippen molar-refractivity contribution < 1.29 is 4.79 Å². The third kappa shape index (κ3) is 3.32. The summed E-state index contributed by atoms with van der Waals surface area (Å²) in [6, 6.07) is 6.69. The Kier molecular flexibility index (Phi) is 3.98. The molecule has 2 aromatic rings. The van der Waals surface area contributed by atoms with Gasteiger partial charge in [-0.25, -0.2) is 4.98 Å². The van der Waals surface area contributed by atoms with Gasteiger partial charge in [0.1, 0.15) is 12.4 Å². The molecule has 0 atom stereocenters. The highest BCUT2D eigenvalue weighted by Gasteiger charge is 2.08. The fourth-order valence-corrected chi connectivity index (χ4v) is 2.00. The summed E-state index contributed by atoms with van der Waals surface area (Å²) in [5, 5.41) is 2.74. The molecule has 0 unspecified atom stereocenters. The van der Waals surface area contributed by atoms with Gasteiger partial charge in [-0.05, 0) is 32.4 Å². The summed E-state index contributed by atoms with van der Waals surface area (Å²) in [5.41, 5.74) is 2.52. The Balaban J connectivity index is 2.12. The molecular weight excluding hydrogens is 254 g/mol. The van der Waals surface area contributed by atoms with Crippen molar-refractivity contribution in [3.05, 3.63) is 57.6 Å². The van der Waals surface area contributed by atoms with Crippen LogP contribution in [-0.2, 0) is 11.3 Å². The number of carbonyl (C=O) groups excluding carboxylic acids is 1. The van der Waals surface area contributed by atoms with E-state index in [0.29, 0.717) is 5.82 Å². The number of rotatable bonds is 3. The van der Waals surface area contributed by atoms with Gasteiger partial charge < -0.3 is 9.88 Å². The zero-order valence-corrected chi connectivity index (χ0v) is 11.8. The summed E-state index contributed by atoms with van der Waals surface area (Å²) in [6.07, 6.45) is 1.70. The van der Waals surface area contributed by atoms with E-state index in [9.17, 15) is 9.59 Å². The lowest BCUT2D eigenvalue weighted by molar-refractivity contribution is -0.116. The van der Waals surface area contributed by atoms with Gasteiger partial charge in [0, 0.05) is 29.7 Å². The first kappa shape index (κ1) is 14.0. The fraction of sp³-hybridized carbons (Fsp3) is 0.267. The van der Waals surface area contributed by atoms with Crippen LogP contribution in [0, 0.1) is 20.8 Å². The molecule has 2 rings (SSSR count). The Bertz CT molecular complexity index is 661. The van der Waals surface area contributed by atoms with Crippen LogP contribution in [0.25, 0.3) is 0 Å². The lowest BCUT2D eigenvalue weighted by Gasteiger charge is -2.13. The molecule has 2 heterocycles. The Morgan fingerprint density at radius 2 is 1.85 bits per heavy atom. The Morgan fingerprint density at radius 3 is 2.40 bits per heavy atom. The van der Waals surface area contributed by atoms with Crippen LogP contribution in [0.15, 0.2) is 35.3 Å². The maximum atomic E-state index is 12.0. The number of hydrogen-bond donors (Lipinski definition) is 1. The van der Waals surface area contributed by atoms with Crippen LogP contribution in [0.5, 0.6) is 0 Å². The van der Waals surface area contributed by atoms with Gasteiger partial charge in [-0.3, -0.25) is 9.59 Å². The van der Waals surface area contributed by atoms with E-state index in [4.69, 9.17) is 0 Å². The first-order valence-electron chi connectivity index (χ1n) is 6.36. The van der Waals surface area contributed by atoms with E-state index >= 15 is 0 Å². The van der Waals surface area contributed by atoms with Gasteiger partial charge in [0.05, 0.1) is 0 Å². The number of carbonyl (C=O) groups is 1. The van der Waals surface area contributed by atoms with Crippen molar-refractivity contribution in [2.75, 3.05) is 5.32 Å². The molecule has 104 valence electrons. The number of aromatic nitrogens is 2. The van der Waals surface area contributed by atoms with Crippen LogP contribution < -0.4 is 10.7 Å². The van der Waals surface area contributed by atoms with Crippen molar-refractivity contribution >= 4 is 11.7 Å². The topological polar surface area (TPSA) is 64.0 Å². The smallest absolute Gasteiger partial charge is 0.245 e. The molecular formula is C15H17N3O2. The predicted molar refractivity (Wildman–Crippen MR) is 77.8 cm³/mol. The molecule has 1 amide bonds. The summed E-state index contributed by atoms with van der Waals surface area (Å²) in [7, 11) is 0. The Hall–Kier alpha value is -2.43. The molecule has 0 spiro atoms. The normalized spacial score (nSPS) is 10.3. The van der Waals surface area contributed by atoms with Crippen molar-refractivity contribution in [3.8, 4) is 0 Å². The second kappa shape index (κ2) is 5.69. The summed E-state index contributed by atoms with van der Waals surface area (Å²) >= 11 is 0. The molecule has 0 radical (unpaired) electrons. The van der Waals surface area contributed by atoms with E-state index in [1.54, 1.807) is 16.8 Å². The summed E-state index contributed by atoms with van der Waals surface area (Å²) in [5.74, 6) is 0.355. The Morgan fingerprint density at radius 1 is 1.20 bits per heavy atom. The van der Waals surface area contributed by atoms with Crippen LogP contribution in [0.2, 0.25) is 0 Å². The molecule has 0 aliphatic heterocycles. The van der Waals surface area contributed by atoms with E-state index < -0.39 is 0 Å². The summed E-state index contributed by atoms with van der Waals surface area (Å²) in [6.45, 7) is 5.72. The largest absolute Gasteiger partial charge is 0.340 e. The summed E-state index contributed by atoms with van der Waals surface area (Å²) < 4.78 is 1.80. The van der Waals surface area contributed by atoms with E-state index in [1.807, 2.05) is 26.8 Å². The molecule has 0 saturated heterocycles. The third-order valence-electron chi connectivity index (χ3n) is 3.03. The van der Waals surface area contributed by atoms with Crippen LogP contribution >= 0.6 is 0 Å². The average Bonchev–Trinajstić information content (AvgIpc) is 2.36. The molecule has 1 N–H and O–H groups in total. The quantitative estimate of drug-likeness (QED) is 0.926. The van der Waals surface area contributed by atoms with Gasteiger partial charge in [-0.15, -0.1) is 0 Å². The molecule has 0 aromatic carbocycles. The highest BCUT2D eigenvalue weighted by atomic mass is 16.2. The standard InChI is InChI=1S/C15H17N3O2/c1-10-4-5-14(16-8-10)17-15(20)9-18-11(2)6-13(19)7-12(18)3/h4-8H,9H2,1-3H3,(H,16,17,20). The molecule has 20 heavy (non-hydrogen) atoms. The minimum atomic E-state index is -0.170. The van der Waals surface area contributed by atoms with Gasteiger partial charge in [-0.1, -0.05) is 6.07 Å². The maximum absolute atomic E-state index is 12.0. The monoisotopic (exact) mass is 271 g/mol. The van der Waals surface area contributed by atoms with E-state index in [-0.39, 0.29) is 17.9 Å². The van der Waals surface area contributed by atoms with Gasteiger partial charge in [0.15, 0.2) is 5.43 Å². The average molecular weight is 271 g/mol. The minimum absolute atomic E-state index is 0.0446. The predicted octanol–water partition coefficient (Wildman–Crippen LogP) is 1.81. The number of hydrogen-bond acceptors (Lipinski definition) is 3. The van der Waals surface area contributed by atoms with Crippen molar-refractivity contribution in [1.29, 1.82) is 0 Å². The van der Waals surface area contributed by atoms with E-state index in [2.05, 4.69) is 10.3 Å². The lowest BCUT2D eigenvalue weighted by Crippen LogP contribution is -2.23.